The number of carbonyl (C=O) groups is 1. The smallest absolute Gasteiger partial charge is 0.330 e. The van der Waals surface area contributed by atoms with Gasteiger partial charge in [-0.15, -0.1) is 5.10 Å². The van der Waals surface area contributed by atoms with E-state index in [0.717, 1.165) is 19.3 Å². The van der Waals surface area contributed by atoms with Crippen LogP contribution in [0.15, 0.2) is 6.20 Å². The summed E-state index contributed by atoms with van der Waals surface area (Å²) in [6, 6.07) is 0. The molecule has 1 aliphatic carbocycles. The molecule has 1 fully saturated rings. The Labute approximate surface area is 109 Å². The number of anilines is 1. The number of carboxylic acids is 1. The number of aryl methyl sites for hydroxylation is 1. The molecule has 104 valence electrons. The number of aromatic nitrogens is 2. The molecular weight excluding hydrogens is 252 g/mol. The number of nitrogens with zero attached hydrogens (tertiary/aromatic N) is 3. The lowest BCUT2D eigenvalue weighted by Crippen LogP contribution is -2.38. The van der Waals surface area contributed by atoms with E-state index in [9.17, 15) is 14.9 Å². The first-order valence-corrected chi connectivity index (χ1v) is 6.06. The van der Waals surface area contributed by atoms with Gasteiger partial charge in [-0.05, 0) is 18.3 Å². The van der Waals surface area contributed by atoms with Crippen molar-refractivity contribution in [3.8, 4) is 0 Å². The first-order valence-electron chi connectivity index (χ1n) is 6.06. The van der Waals surface area contributed by atoms with Crippen LogP contribution in [-0.2, 0) is 11.8 Å². The van der Waals surface area contributed by atoms with E-state index < -0.39 is 10.9 Å². The van der Waals surface area contributed by atoms with Crippen LogP contribution in [0.2, 0.25) is 0 Å². The highest BCUT2D eigenvalue weighted by Gasteiger charge is 2.39. The zero-order valence-corrected chi connectivity index (χ0v) is 10.6. The van der Waals surface area contributed by atoms with E-state index in [-0.39, 0.29) is 23.3 Å². The Kier molecular flexibility index (Phi) is 3.41. The van der Waals surface area contributed by atoms with Crippen LogP contribution >= 0.6 is 0 Å². The van der Waals surface area contributed by atoms with Crippen molar-refractivity contribution in [1.29, 1.82) is 0 Å². The lowest BCUT2D eigenvalue weighted by molar-refractivity contribution is -0.384. The van der Waals surface area contributed by atoms with Gasteiger partial charge in [0.2, 0.25) is 5.82 Å². The molecule has 0 amide bonds. The summed E-state index contributed by atoms with van der Waals surface area (Å²) in [5.41, 5.74) is -0.385. The molecule has 8 nitrogen and oxygen atoms in total. The SMILES string of the molecule is Cn1cc([N+](=O)[O-])c(NCC2(CC(=O)O)CCC2)n1. The third-order valence-electron chi connectivity index (χ3n) is 3.58. The molecule has 1 aliphatic rings. The van der Waals surface area contributed by atoms with Gasteiger partial charge in [-0.25, -0.2) is 0 Å². The van der Waals surface area contributed by atoms with Gasteiger partial charge in [-0.3, -0.25) is 19.6 Å². The van der Waals surface area contributed by atoms with Gasteiger partial charge in [0.25, 0.3) is 0 Å². The Morgan fingerprint density at radius 2 is 2.37 bits per heavy atom. The number of nitrogens with one attached hydrogen (secondary N) is 1. The second-order valence-corrected chi connectivity index (χ2v) is 5.07. The van der Waals surface area contributed by atoms with E-state index in [1.807, 2.05) is 0 Å². The average Bonchev–Trinajstić information content (AvgIpc) is 2.63. The van der Waals surface area contributed by atoms with Gasteiger partial charge in [0.1, 0.15) is 6.20 Å². The zero-order chi connectivity index (χ0) is 14.0. The Morgan fingerprint density at radius 1 is 1.68 bits per heavy atom. The molecular formula is C11H16N4O4. The number of carboxylic acid groups (broad SMARTS) is 1. The minimum absolute atomic E-state index is 0.0840. The summed E-state index contributed by atoms with van der Waals surface area (Å²) in [6.07, 6.45) is 4.06. The Hall–Kier alpha value is -2.12. The number of hydrogen-bond donors (Lipinski definition) is 2. The third-order valence-corrected chi connectivity index (χ3v) is 3.58. The number of nitro groups is 1. The summed E-state index contributed by atoms with van der Waals surface area (Å²) in [6.45, 7) is 0.400. The van der Waals surface area contributed by atoms with Gasteiger partial charge < -0.3 is 10.4 Å². The average molecular weight is 268 g/mol. The second kappa shape index (κ2) is 4.87. The minimum Gasteiger partial charge on any atom is -0.481 e. The van der Waals surface area contributed by atoms with Crippen LogP contribution in [0.1, 0.15) is 25.7 Å². The lowest BCUT2D eigenvalue weighted by Gasteiger charge is -2.40. The summed E-state index contributed by atoms with van der Waals surface area (Å²) < 4.78 is 1.37. The normalized spacial score (nSPS) is 16.7. The van der Waals surface area contributed by atoms with Crippen LogP contribution in [0.5, 0.6) is 0 Å². The topological polar surface area (TPSA) is 110 Å². The summed E-state index contributed by atoms with van der Waals surface area (Å²) in [7, 11) is 1.61. The zero-order valence-electron chi connectivity index (χ0n) is 10.6. The molecule has 0 bridgehead atoms. The lowest BCUT2D eigenvalue weighted by atomic mass is 9.66. The summed E-state index contributed by atoms with van der Waals surface area (Å²) >= 11 is 0. The fourth-order valence-electron chi connectivity index (χ4n) is 2.42. The van der Waals surface area contributed by atoms with Crippen LogP contribution < -0.4 is 5.32 Å². The third kappa shape index (κ3) is 2.83. The highest BCUT2D eigenvalue weighted by molar-refractivity contribution is 5.68. The predicted molar refractivity (Wildman–Crippen MR) is 66.9 cm³/mol. The van der Waals surface area contributed by atoms with Crippen molar-refractivity contribution in [2.45, 2.75) is 25.7 Å². The molecule has 19 heavy (non-hydrogen) atoms. The first kappa shape index (κ1) is 13.3. The van der Waals surface area contributed by atoms with Gasteiger partial charge in [0.15, 0.2) is 0 Å². The fourth-order valence-corrected chi connectivity index (χ4v) is 2.42. The van der Waals surface area contributed by atoms with Gasteiger partial charge >= 0.3 is 11.7 Å². The molecule has 8 heteroatoms. The molecule has 0 radical (unpaired) electrons. The van der Waals surface area contributed by atoms with Crippen LogP contribution in [0.25, 0.3) is 0 Å². The first-order chi connectivity index (χ1) is 8.92. The van der Waals surface area contributed by atoms with E-state index in [1.54, 1.807) is 7.05 Å². The van der Waals surface area contributed by atoms with E-state index in [4.69, 9.17) is 5.11 Å². The second-order valence-electron chi connectivity index (χ2n) is 5.07. The molecule has 1 saturated carbocycles. The van der Waals surface area contributed by atoms with Crippen LogP contribution in [-0.4, -0.2) is 32.3 Å². The van der Waals surface area contributed by atoms with E-state index >= 15 is 0 Å². The van der Waals surface area contributed by atoms with Gasteiger partial charge in [-0.1, -0.05) is 6.42 Å². The van der Waals surface area contributed by atoms with Crippen molar-refractivity contribution < 1.29 is 14.8 Å². The van der Waals surface area contributed by atoms with Crippen LogP contribution in [0.4, 0.5) is 11.5 Å². The maximum atomic E-state index is 10.8. The Bertz CT molecular complexity index is 507. The summed E-state index contributed by atoms with van der Waals surface area (Å²) in [5.74, 6) is -0.638. The molecule has 2 rings (SSSR count). The largest absolute Gasteiger partial charge is 0.481 e. The van der Waals surface area contributed by atoms with Crippen molar-refractivity contribution >= 4 is 17.5 Å². The van der Waals surface area contributed by atoms with Crippen molar-refractivity contribution in [2.24, 2.45) is 12.5 Å². The molecule has 0 atom stereocenters. The molecule has 0 unspecified atom stereocenters. The number of hydrogen-bond acceptors (Lipinski definition) is 5. The minimum atomic E-state index is -0.836. The van der Waals surface area contributed by atoms with E-state index in [1.165, 1.54) is 10.9 Å². The molecule has 0 spiro atoms. The molecule has 1 heterocycles. The Morgan fingerprint density at radius 3 is 2.84 bits per heavy atom. The molecule has 1 aromatic heterocycles. The molecule has 0 aromatic carbocycles. The number of rotatable bonds is 6. The maximum absolute atomic E-state index is 10.8. The predicted octanol–water partition coefficient (Wildman–Crippen LogP) is 1.39. The molecule has 1 aromatic rings. The standard InChI is InChI=1S/C11H16N4O4/c1-14-6-8(15(18)19)10(13-14)12-7-11(3-2-4-11)5-9(16)17/h6H,2-5,7H2,1H3,(H,12,13)(H,16,17). The van der Waals surface area contributed by atoms with Gasteiger partial charge in [0.05, 0.1) is 11.3 Å². The monoisotopic (exact) mass is 268 g/mol. The van der Waals surface area contributed by atoms with Gasteiger partial charge in [0, 0.05) is 13.6 Å². The van der Waals surface area contributed by atoms with Crippen LogP contribution in [0, 0.1) is 15.5 Å². The van der Waals surface area contributed by atoms with Crippen molar-refractivity contribution in [2.75, 3.05) is 11.9 Å². The van der Waals surface area contributed by atoms with Crippen molar-refractivity contribution in [1.82, 2.24) is 9.78 Å². The molecule has 0 aliphatic heterocycles. The van der Waals surface area contributed by atoms with Crippen molar-refractivity contribution in [3.63, 3.8) is 0 Å². The molecule has 0 saturated heterocycles. The van der Waals surface area contributed by atoms with E-state index in [2.05, 4.69) is 10.4 Å². The highest BCUT2D eigenvalue weighted by atomic mass is 16.6. The Balaban J connectivity index is 2.05. The summed E-state index contributed by atoms with van der Waals surface area (Å²) in [4.78, 5) is 21.2. The van der Waals surface area contributed by atoms with Gasteiger partial charge in [-0.2, -0.15) is 0 Å². The maximum Gasteiger partial charge on any atom is 0.330 e. The summed E-state index contributed by atoms with van der Waals surface area (Å²) in [5, 5.41) is 26.7. The molecule has 2 N–H and O–H groups in total. The number of aliphatic carboxylic acids is 1. The highest BCUT2D eigenvalue weighted by Crippen LogP contribution is 2.44. The van der Waals surface area contributed by atoms with Crippen LogP contribution in [0.3, 0.4) is 0 Å². The quantitative estimate of drug-likeness (QED) is 0.595. The van der Waals surface area contributed by atoms with E-state index in [0.29, 0.717) is 6.54 Å². The van der Waals surface area contributed by atoms with Crippen molar-refractivity contribution in [3.05, 3.63) is 16.3 Å². The fraction of sp³-hybridized carbons (Fsp3) is 0.636.